The zero-order chi connectivity index (χ0) is 28.8. The van der Waals surface area contributed by atoms with Gasteiger partial charge in [0.05, 0.1) is 11.3 Å². The normalized spacial score (nSPS) is 20.7. The molecule has 0 saturated heterocycles. The maximum absolute atomic E-state index is 13.3. The lowest BCUT2D eigenvalue weighted by molar-refractivity contribution is -0.138. The number of amides is 3. The van der Waals surface area contributed by atoms with Gasteiger partial charge in [-0.1, -0.05) is 20.8 Å². The fourth-order valence-corrected chi connectivity index (χ4v) is 5.12. The second-order valence-corrected chi connectivity index (χ2v) is 11.5. The summed E-state index contributed by atoms with van der Waals surface area (Å²) < 4.78 is 45.1. The van der Waals surface area contributed by atoms with Crippen molar-refractivity contribution in [3.63, 3.8) is 0 Å². The fraction of sp³-hybridized carbons (Fsp3) is 0.538. The van der Waals surface area contributed by atoms with Crippen molar-refractivity contribution >= 4 is 23.6 Å². The predicted octanol–water partition coefficient (Wildman–Crippen LogP) is 2.80. The first-order valence-corrected chi connectivity index (χ1v) is 13.1. The van der Waals surface area contributed by atoms with Crippen LogP contribution >= 0.6 is 0 Å². The molecule has 4 N–H and O–H groups in total. The van der Waals surface area contributed by atoms with Crippen molar-refractivity contribution in [1.29, 1.82) is 0 Å². The zero-order valence-corrected chi connectivity index (χ0v) is 22.5. The Bertz CT molecular complexity index is 1280. The average molecular weight is 564 g/mol. The summed E-state index contributed by atoms with van der Waals surface area (Å²) in [6.07, 6.45) is -2.46. The number of halogens is 3. The summed E-state index contributed by atoms with van der Waals surface area (Å²) in [4.78, 5) is 45.6. The van der Waals surface area contributed by atoms with Crippen LogP contribution in [0.4, 0.5) is 23.7 Å². The number of carbonyl (C=O) groups is 3. The maximum Gasteiger partial charge on any atom is 0.417 e. The molecular formula is C26H32F3N7O4. The molecule has 1 aliphatic carbocycles. The zero-order valence-electron chi connectivity index (χ0n) is 22.5. The molecule has 216 valence electrons. The summed E-state index contributed by atoms with van der Waals surface area (Å²) in [6.45, 7) is 5.98. The Hall–Kier alpha value is -3.81. The lowest BCUT2D eigenvalue weighted by atomic mass is 9.89. The molecule has 1 atom stereocenters. The second kappa shape index (κ2) is 10.3. The summed E-state index contributed by atoms with van der Waals surface area (Å²) in [5.74, 6) is -0.501. The van der Waals surface area contributed by atoms with Crippen molar-refractivity contribution in [3.05, 3.63) is 46.1 Å². The summed E-state index contributed by atoms with van der Waals surface area (Å²) in [7, 11) is 0. The Morgan fingerprint density at radius 2 is 1.70 bits per heavy atom. The molecule has 3 aliphatic heterocycles. The first kappa shape index (κ1) is 27.7. The van der Waals surface area contributed by atoms with Crippen molar-refractivity contribution in [2.24, 2.45) is 11.3 Å². The highest BCUT2D eigenvalue weighted by Gasteiger charge is 2.38. The number of anilines is 1. The van der Waals surface area contributed by atoms with Crippen molar-refractivity contribution in [3.8, 4) is 0 Å². The quantitative estimate of drug-likeness (QED) is 0.412. The largest absolute Gasteiger partial charge is 0.443 e. The number of hydrogen-bond acceptors (Lipinski definition) is 8. The minimum atomic E-state index is -4.65. The van der Waals surface area contributed by atoms with Crippen LogP contribution in [-0.2, 0) is 27.1 Å². The number of carbonyl (C=O) groups excluding carboxylic acids is 3. The topological polar surface area (TPSA) is 128 Å². The number of aromatic nitrogens is 1. The number of nitrogens with one attached hydrogen (secondary N) is 4. The van der Waals surface area contributed by atoms with E-state index in [1.54, 1.807) is 20.8 Å². The van der Waals surface area contributed by atoms with Gasteiger partial charge in [0.25, 0.3) is 0 Å². The lowest BCUT2D eigenvalue weighted by Crippen LogP contribution is -2.40. The van der Waals surface area contributed by atoms with Gasteiger partial charge in [0.15, 0.2) is 0 Å². The minimum absolute atomic E-state index is 0.00308. The monoisotopic (exact) mass is 563 g/mol. The minimum Gasteiger partial charge on any atom is -0.443 e. The van der Waals surface area contributed by atoms with Gasteiger partial charge in [-0.15, -0.1) is 0 Å². The number of alkyl halides is 3. The van der Waals surface area contributed by atoms with E-state index >= 15 is 0 Å². The molecular weight excluding hydrogens is 531 g/mol. The van der Waals surface area contributed by atoms with Gasteiger partial charge in [-0.25, -0.2) is 4.79 Å². The van der Waals surface area contributed by atoms with Gasteiger partial charge in [0.1, 0.15) is 12.3 Å². The van der Waals surface area contributed by atoms with Gasteiger partial charge in [0.2, 0.25) is 11.8 Å². The Kier molecular flexibility index (Phi) is 7.15. The van der Waals surface area contributed by atoms with E-state index in [0.717, 1.165) is 41.4 Å². The van der Waals surface area contributed by atoms with Crippen molar-refractivity contribution < 1.29 is 32.3 Å². The van der Waals surface area contributed by atoms with Crippen LogP contribution in [0.5, 0.6) is 0 Å². The predicted molar refractivity (Wildman–Crippen MR) is 136 cm³/mol. The number of pyridine rings is 1. The third-order valence-corrected chi connectivity index (χ3v) is 7.49. The molecule has 0 saturated carbocycles. The Morgan fingerprint density at radius 1 is 1.05 bits per heavy atom. The number of rotatable bonds is 4. The van der Waals surface area contributed by atoms with Crippen molar-refractivity contribution in [2.75, 3.05) is 31.5 Å². The first-order chi connectivity index (χ1) is 18.8. The maximum atomic E-state index is 13.3. The average Bonchev–Trinajstić information content (AvgIpc) is 3.60. The van der Waals surface area contributed by atoms with Gasteiger partial charge in [0, 0.05) is 61.5 Å². The van der Waals surface area contributed by atoms with E-state index in [1.807, 2.05) is 4.90 Å². The number of hydrazine groups is 2. The molecule has 0 bridgehead atoms. The molecule has 0 radical (unpaired) electrons. The SMILES string of the molecule is CC(C)(C)C(=O)Nc1cc(C(F)(F)F)cnc1COC(=O)N1CC2=C(C1)CN(C(=O)[C@@H]1CCC3=C(C1)NNN3)C2. The van der Waals surface area contributed by atoms with E-state index in [2.05, 4.69) is 26.7 Å². The summed E-state index contributed by atoms with van der Waals surface area (Å²) >= 11 is 0. The Balaban J connectivity index is 1.16. The van der Waals surface area contributed by atoms with Crippen LogP contribution in [0.1, 0.15) is 51.3 Å². The van der Waals surface area contributed by atoms with E-state index in [1.165, 1.54) is 4.90 Å². The summed E-state index contributed by atoms with van der Waals surface area (Å²) in [6, 6.07) is 0.789. The third kappa shape index (κ3) is 5.71. The van der Waals surface area contributed by atoms with Crippen LogP contribution in [0, 0.1) is 11.3 Å². The molecule has 1 aromatic rings. The molecule has 14 heteroatoms. The van der Waals surface area contributed by atoms with Crippen molar-refractivity contribution in [1.82, 2.24) is 31.2 Å². The van der Waals surface area contributed by atoms with Crippen LogP contribution in [0.3, 0.4) is 0 Å². The molecule has 4 heterocycles. The van der Waals surface area contributed by atoms with Gasteiger partial charge in [-0.2, -0.15) is 18.7 Å². The van der Waals surface area contributed by atoms with Crippen LogP contribution in [0.25, 0.3) is 0 Å². The van der Waals surface area contributed by atoms with Gasteiger partial charge in [-0.05, 0) is 30.1 Å². The molecule has 5 rings (SSSR count). The van der Waals surface area contributed by atoms with E-state index < -0.39 is 35.8 Å². The molecule has 4 aliphatic rings. The number of nitrogens with zero attached hydrogens (tertiary/aromatic N) is 3. The highest BCUT2D eigenvalue weighted by molar-refractivity contribution is 5.95. The Labute approximate surface area is 229 Å². The van der Waals surface area contributed by atoms with E-state index in [4.69, 9.17) is 4.74 Å². The van der Waals surface area contributed by atoms with Crippen LogP contribution in [0.15, 0.2) is 34.8 Å². The van der Waals surface area contributed by atoms with E-state index in [0.29, 0.717) is 38.8 Å². The molecule has 0 aromatic carbocycles. The molecule has 1 aromatic heterocycles. The first-order valence-electron chi connectivity index (χ1n) is 13.1. The van der Waals surface area contributed by atoms with E-state index in [-0.39, 0.29) is 23.2 Å². The molecule has 0 spiro atoms. The van der Waals surface area contributed by atoms with Gasteiger partial charge in [-0.3, -0.25) is 14.6 Å². The third-order valence-electron chi connectivity index (χ3n) is 7.49. The number of hydrogen-bond donors (Lipinski definition) is 4. The highest BCUT2D eigenvalue weighted by atomic mass is 19.4. The van der Waals surface area contributed by atoms with E-state index in [9.17, 15) is 27.6 Å². The summed E-state index contributed by atoms with van der Waals surface area (Å²) in [5.41, 5.74) is 11.0. The van der Waals surface area contributed by atoms with Gasteiger partial charge < -0.3 is 30.7 Å². The molecule has 3 amide bonds. The molecule has 11 nitrogen and oxygen atoms in total. The standard InChI is InChI=1S/C26H32F3N7O4/c1-25(2,3)23(38)31-19-7-17(26(27,28)29)8-30-21(19)13-40-24(39)36-11-15-9-35(10-16(15)12-36)22(37)14-4-5-18-20(6-14)33-34-32-18/h7-8,14,32-34H,4-6,9-13H2,1-3H3,(H,31,38)/t14-/m1/s1. The van der Waals surface area contributed by atoms with Crippen LogP contribution < -0.4 is 21.7 Å². The number of ether oxygens (including phenoxy) is 1. The fourth-order valence-electron chi connectivity index (χ4n) is 5.12. The molecule has 0 fully saturated rings. The second-order valence-electron chi connectivity index (χ2n) is 11.5. The number of allylic oxidation sites excluding steroid dienone is 2. The van der Waals surface area contributed by atoms with Crippen molar-refractivity contribution in [2.45, 2.75) is 52.8 Å². The smallest absolute Gasteiger partial charge is 0.417 e. The lowest BCUT2D eigenvalue weighted by Gasteiger charge is -2.28. The summed E-state index contributed by atoms with van der Waals surface area (Å²) in [5, 5.41) is 2.48. The van der Waals surface area contributed by atoms with Crippen LogP contribution in [0.2, 0.25) is 0 Å². The van der Waals surface area contributed by atoms with Crippen LogP contribution in [-0.4, -0.2) is 58.9 Å². The molecule has 40 heavy (non-hydrogen) atoms. The Morgan fingerprint density at radius 3 is 2.35 bits per heavy atom. The van der Waals surface area contributed by atoms with Gasteiger partial charge >= 0.3 is 12.3 Å². The molecule has 0 unspecified atom stereocenters. The highest BCUT2D eigenvalue weighted by Crippen LogP contribution is 2.34.